The van der Waals surface area contributed by atoms with Crippen LogP contribution in [0, 0.1) is 0 Å². The van der Waals surface area contributed by atoms with Crippen molar-refractivity contribution in [3.8, 4) is 0 Å². The summed E-state index contributed by atoms with van der Waals surface area (Å²) in [6, 6.07) is 7.42. The van der Waals surface area contributed by atoms with Crippen molar-refractivity contribution in [2.45, 2.75) is 44.0 Å². The Bertz CT molecular complexity index is 500. The van der Waals surface area contributed by atoms with Crippen molar-refractivity contribution < 1.29 is 8.42 Å². The van der Waals surface area contributed by atoms with Crippen molar-refractivity contribution in [2.24, 2.45) is 0 Å². The van der Waals surface area contributed by atoms with E-state index in [1.165, 1.54) is 0 Å². The van der Waals surface area contributed by atoms with Crippen molar-refractivity contribution in [2.75, 3.05) is 13.6 Å². The smallest absolute Gasteiger partial charge is 0.240 e. The van der Waals surface area contributed by atoms with E-state index in [9.17, 15) is 8.42 Å². The third kappa shape index (κ3) is 4.03. The highest BCUT2D eigenvalue weighted by Crippen LogP contribution is 2.26. The maximum absolute atomic E-state index is 12.3. The van der Waals surface area contributed by atoms with Gasteiger partial charge < -0.3 is 5.32 Å². The molecule has 0 amide bonds. The van der Waals surface area contributed by atoms with Crippen LogP contribution in [0.2, 0.25) is 0 Å². The van der Waals surface area contributed by atoms with Gasteiger partial charge in [-0.05, 0) is 37.9 Å². The van der Waals surface area contributed by atoms with Crippen LogP contribution in [0.3, 0.4) is 0 Å². The number of sulfonamides is 1. The molecule has 0 aliphatic carbocycles. The van der Waals surface area contributed by atoms with Crippen molar-refractivity contribution in [1.29, 1.82) is 0 Å². The maximum atomic E-state index is 12.3. The number of nitrogens with one attached hydrogen (secondary N) is 2. The lowest BCUT2D eigenvalue weighted by atomic mass is 9.94. The molecule has 19 heavy (non-hydrogen) atoms. The molecule has 0 saturated carbocycles. The summed E-state index contributed by atoms with van der Waals surface area (Å²) in [7, 11) is -1.54. The second-order valence-corrected chi connectivity index (χ2v) is 6.54. The van der Waals surface area contributed by atoms with E-state index in [4.69, 9.17) is 0 Å². The summed E-state index contributed by atoms with van der Waals surface area (Å²) in [4.78, 5) is 0.387. The molecule has 0 fully saturated rings. The van der Waals surface area contributed by atoms with Gasteiger partial charge in [-0.25, -0.2) is 13.1 Å². The summed E-state index contributed by atoms with van der Waals surface area (Å²) in [5, 5.41) is 3.17. The fourth-order valence-electron chi connectivity index (χ4n) is 1.93. The molecule has 1 aromatic rings. The Morgan fingerprint density at radius 1 is 1.21 bits per heavy atom. The standard InChI is InChI=1S/C14H24N2O2S/c1-5-10-16-19(17,18)14-9-7-6-8-13(14)11(2)12(3)15-4/h6-9,11-12,15-16H,5,10H2,1-4H3. The molecular formula is C14H24N2O2S. The van der Waals surface area contributed by atoms with Crippen molar-refractivity contribution in [3.05, 3.63) is 29.8 Å². The van der Waals surface area contributed by atoms with Crippen LogP contribution in [0.1, 0.15) is 38.7 Å². The molecule has 2 unspecified atom stereocenters. The van der Waals surface area contributed by atoms with Gasteiger partial charge in [0.15, 0.2) is 0 Å². The SMILES string of the molecule is CCCNS(=O)(=O)c1ccccc1C(C)C(C)NC. The van der Waals surface area contributed by atoms with Gasteiger partial charge in [0.25, 0.3) is 0 Å². The van der Waals surface area contributed by atoms with Crippen LogP contribution in [0.25, 0.3) is 0 Å². The maximum Gasteiger partial charge on any atom is 0.240 e. The van der Waals surface area contributed by atoms with E-state index < -0.39 is 10.0 Å². The Labute approximate surface area is 116 Å². The Kier molecular flexibility index (Phi) is 5.97. The monoisotopic (exact) mass is 284 g/mol. The summed E-state index contributed by atoms with van der Waals surface area (Å²) in [6.07, 6.45) is 0.782. The number of benzene rings is 1. The molecule has 1 aromatic carbocycles. The van der Waals surface area contributed by atoms with Crippen LogP contribution in [-0.4, -0.2) is 28.1 Å². The van der Waals surface area contributed by atoms with Gasteiger partial charge in [-0.2, -0.15) is 0 Å². The van der Waals surface area contributed by atoms with E-state index in [0.717, 1.165) is 12.0 Å². The molecule has 0 aromatic heterocycles. The topological polar surface area (TPSA) is 58.2 Å². The van der Waals surface area contributed by atoms with E-state index in [1.54, 1.807) is 12.1 Å². The zero-order valence-corrected chi connectivity index (χ0v) is 12.9. The summed E-state index contributed by atoms with van der Waals surface area (Å²) >= 11 is 0. The molecule has 0 saturated heterocycles. The van der Waals surface area contributed by atoms with E-state index in [1.807, 2.05) is 40.0 Å². The van der Waals surface area contributed by atoms with Gasteiger partial charge in [0.1, 0.15) is 0 Å². The molecule has 0 radical (unpaired) electrons. The second kappa shape index (κ2) is 7.03. The molecule has 2 atom stereocenters. The Balaban J connectivity index is 3.15. The van der Waals surface area contributed by atoms with Crippen LogP contribution < -0.4 is 10.0 Å². The lowest BCUT2D eigenvalue weighted by Crippen LogP contribution is -2.30. The first-order chi connectivity index (χ1) is 8.94. The molecule has 4 nitrogen and oxygen atoms in total. The molecular weight excluding hydrogens is 260 g/mol. The first-order valence-electron chi connectivity index (χ1n) is 6.69. The third-order valence-corrected chi connectivity index (χ3v) is 4.98. The zero-order valence-electron chi connectivity index (χ0n) is 12.1. The zero-order chi connectivity index (χ0) is 14.5. The third-order valence-electron chi connectivity index (χ3n) is 3.45. The van der Waals surface area contributed by atoms with Gasteiger partial charge >= 0.3 is 0 Å². The highest BCUT2D eigenvalue weighted by Gasteiger charge is 2.22. The molecule has 2 N–H and O–H groups in total. The largest absolute Gasteiger partial charge is 0.317 e. The first-order valence-corrected chi connectivity index (χ1v) is 8.18. The van der Waals surface area contributed by atoms with Crippen molar-refractivity contribution >= 4 is 10.0 Å². The molecule has 1 rings (SSSR count). The van der Waals surface area contributed by atoms with Crippen LogP contribution in [-0.2, 0) is 10.0 Å². The number of hydrogen-bond donors (Lipinski definition) is 2. The average molecular weight is 284 g/mol. The molecule has 0 heterocycles. The lowest BCUT2D eigenvalue weighted by molar-refractivity contribution is 0.515. The number of likely N-dealkylation sites (N-methyl/N-ethyl adjacent to an activating group) is 1. The summed E-state index contributed by atoms with van der Waals surface area (Å²) in [5.41, 5.74) is 0.855. The van der Waals surface area contributed by atoms with Gasteiger partial charge in [-0.15, -0.1) is 0 Å². The molecule has 0 aliphatic rings. The highest BCUT2D eigenvalue weighted by atomic mass is 32.2. The van der Waals surface area contributed by atoms with Crippen LogP contribution in [0.4, 0.5) is 0 Å². The quantitative estimate of drug-likeness (QED) is 0.806. The van der Waals surface area contributed by atoms with E-state index in [0.29, 0.717) is 11.4 Å². The molecule has 5 heteroatoms. The normalized spacial score (nSPS) is 15.2. The Morgan fingerprint density at radius 2 is 1.84 bits per heavy atom. The first kappa shape index (κ1) is 16.1. The van der Waals surface area contributed by atoms with Gasteiger partial charge in [-0.1, -0.05) is 32.0 Å². The minimum Gasteiger partial charge on any atom is -0.317 e. The predicted molar refractivity (Wildman–Crippen MR) is 78.9 cm³/mol. The van der Waals surface area contributed by atoms with Gasteiger partial charge in [-0.3, -0.25) is 0 Å². The van der Waals surface area contributed by atoms with Gasteiger partial charge in [0.2, 0.25) is 10.0 Å². The van der Waals surface area contributed by atoms with E-state index in [2.05, 4.69) is 10.0 Å². The van der Waals surface area contributed by atoms with Crippen molar-refractivity contribution in [3.63, 3.8) is 0 Å². The summed E-state index contributed by atoms with van der Waals surface area (Å²) in [6.45, 7) is 6.50. The van der Waals surface area contributed by atoms with Crippen LogP contribution in [0.15, 0.2) is 29.2 Å². The van der Waals surface area contributed by atoms with E-state index in [-0.39, 0.29) is 12.0 Å². The summed E-state index contributed by atoms with van der Waals surface area (Å²) in [5.74, 6) is 0.124. The minimum absolute atomic E-state index is 0.124. The van der Waals surface area contributed by atoms with Gasteiger partial charge in [0, 0.05) is 12.6 Å². The number of hydrogen-bond acceptors (Lipinski definition) is 3. The van der Waals surface area contributed by atoms with Gasteiger partial charge in [0.05, 0.1) is 4.90 Å². The average Bonchev–Trinajstić information content (AvgIpc) is 2.43. The van der Waals surface area contributed by atoms with Crippen LogP contribution >= 0.6 is 0 Å². The number of rotatable bonds is 7. The minimum atomic E-state index is -3.42. The highest BCUT2D eigenvalue weighted by molar-refractivity contribution is 7.89. The Morgan fingerprint density at radius 3 is 2.42 bits per heavy atom. The van der Waals surface area contributed by atoms with Crippen molar-refractivity contribution in [1.82, 2.24) is 10.0 Å². The second-order valence-electron chi connectivity index (χ2n) is 4.80. The fraction of sp³-hybridized carbons (Fsp3) is 0.571. The van der Waals surface area contributed by atoms with E-state index >= 15 is 0 Å². The molecule has 108 valence electrons. The Hall–Kier alpha value is -0.910. The molecule has 0 aliphatic heterocycles. The summed E-state index contributed by atoms with van der Waals surface area (Å²) < 4.78 is 27.2. The molecule has 0 spiro atoms. The fourth-order valence-corrected chi connectivity index (χ4v) is 3.39. The molecule has 0 bridgehead atoms. The lowest BCUT2D eigenvalue weighted by Gasteiger charge is -2.22. The van der Waals surface area contributed by atoms with Crippen LogP contribution in [0.5, 0.6) is 0 Å². The predicted octanol–water partition coefficient (Wildman–Crippen LogP) is 2.09.